The number of ether oxygens (including phenoxy) is 1. The predicted molar refractivity (Wildman–Crippen MR) is 90.5 cm³/mol. The Morgan fingerprint density at radius 1 is 1.43 bits per heavy atom. The van der Waals surface area contributed by atoms with Gasteiger partial charge in [-0.05, 0) is 17.7 Å². The molecule has 2 aliphatic rings. The lowest BCUT2D eigenvalue weighted by Gasteiger charge is -2.24. The number of amides is 1. The van der Waals surface area contributed by atoms with Crippen LogP contribution in [0.2, 0.25) is 0 Å². The minimum atomic E-state index is -3.02. The minimum absolute atomic E-state index is 0.0521. The summed E-state index contributed by atoms with van der Waals surface area (Å²) in [7, 11) is -1.42. The van der Waals surface area contributed by atoms with E-state index in [2.05, 4.69) is 4.99 Å². The first-order valence-electron chi connectivity index (χ1n) is 7.24. The van der Waals surface area contributed by atoms with Crippen molar-refractivity contribution in [2.45, 2.75) is 24.8 Å². The molecular formula is C15H18N2O4S2. The zero-order valence-corrected chi connectivity index (χ0v) is 14.6. The topological polar surface area (TPSA) is 76.0 Å². The van der Waals surface area contributed by atoms with E-state index in [9.17, 15) is 13.2 Å². The lowest BCUT2D eigenvalue weighted by Crippen LogP contribution is -2.37. The first-order valence-corrected chi connectivity index (χ1v) is 9.94. The smallest absolute Gasteiger partial charge is 0.244 e. The molecule has 124 valence electrons. The lowest BCUT2D eigenvalue weighted by molar-refractivity contribution is -0.115. The molecule has 0 N–H and O–H groups in total. The van der Waals surface area contributed by atoms with E-state index in [1.165, 1.54) is 18.7 Å². The fraction of sp³-hybridized carbons (Fsp3) is 0.467. The summed E-state index contributed by atoms with van der Waals surface area (Å²) in [6.07, 6.45) is 0. The van der Waals surface area contributed by atoms with Crippen molar-refractivity contribution in [3.05, 3.63) is 29.8 Å². The Balaban J connectivity index is 1.89. The number of methoxy groups -OCH3 is 1. The molecule has 1 aromatic rings. The molecule has 2 fully saturated rings. The van der Waals surface area contributed by atoms with Gasteiger partial charge in [-0.3, -0.25) is 4.79 Å². The first kappa shape index (κ1) is 16.3. The van der Waals surface area contributed by atoms with Crippen LogP contribution in [0.3, 0.4) is 0 Å². The molecule has 0 spiro atoms. The number of carbonyl (C=O) groups excluding carboxylic acids is 1. The molecule has 0 aliphatic carbocycles. The van der Waals surface area contributed by atoms with Crippen molar-refractivity contribution >= 4 is 32.7 Å². The summed E-state index contributed by atoms with van der Waals surface area (Å²) in [4.78, 5) is 17.4. The number of aliphatic imine (C=N–C) groups is 1. The molecule has 1 aromatic carbocycles. The van der Waals surface area contributed by atoms with E-state index in [0.29, 0.717) is 11.7 Å². The molecule has 2 heterocycles. The number of hydrogen-bond acceptors (Lipinski definition) is 5. The van der Waals surface area contributed by atoms with Crippen LogP contribution in [0.25, 0.3) is 0 Å². The van der Waals surface area contributed by atoms with E-state index < -0.39 is 9.84 Å². The van der Waals surface area contributed by atoms with Gasteiger partial charge in [0.1, 0.15) is 5.75 Å². The van der Waals surface area contributed by atoms with Crippen LogP contribution < -0.4 is 4.74 Å². The number of nitrogens with zero attached hydrogens (tertiary/aromatic N) is 2. The second-order valence-electron chi connectivity index (χ2n) is 5.69. The highest BCUT2D eigenvalue weighted by molar-refractivity contribution is 8.15. The van der Waals surface area contributed by atoms with Crippen LogP contribution in [0.15, 0.2) is 29.3 Å². The highest BCUT2D eigenvalue weighted by Crippen LogP contribution is 2.39. The van der Waals surface area contributed by atoms with Gasteiger partial charge in [0, 0.05) is 18.7 Å². The van der Waals surface area contributed by atoms with Gasteiger partial charge >= 0.3 is 0 Å². The molecule has 0 aromatic heterocycles. The van der Waals surface area contributed by atoms with Crippen molar-refractivity contribution in [3.63, 3.8) is 0 Å². The molecule has 6 nitrogen and oxygen atoms in total. The van der Waals surface area contributed by atoms with Gasteiger partial charge in [0.15, 0.2) is 15.0 Å². The summed E-state index contributed by atoms with van der Waals surface area (Å²) in [5.74, 6) is 0.736. The molecule has 0 unspecified atom stereocenters. The fourth-order valence-electron chi connectivity index (χ4n) is 2.92. The number of carbonyl (C=O) groups is 1. The summed E-state index contributed by atoms with van der Waals surface area (Å²) in [5, 5.41) is 0.564. The van der Waals surface area contributed by atoms with Crippen molar-refractivity contribution in [3.8, 4) is 5.75 Å². The van der Waals surface area contributed by atoms with Gasteiger partial charge in [-0.1, -0.05) is 23.9 Å². The van der Waals surface area contributed by atoms with Crippen molar-refractivity contribution in [1.82, 2.24) is 4.90 Å². The Morgan fingerprint density at radius 2 is 2.22 bits per heavy atom. The van der Waals surface area contributed by atoms with Crippen molar-refractivity contribution in [1.29, 1.82) is 0 Å². The maximum Gasteiger partial charge on any atom is 0.244 e. The third kappa shape index (κ3) is 3.53. The van der Waals surface area contributed by atoms with E-state index in [1.54, 1.807) is 7.11 Å². The highest BCUT2D eigenvalue weighted by atomic mass is 32.2. The first-order chi connectivity index (χ1) is 10.9. The standard InChI is InChI=1S/C15H18N2O4S2/c1-10(18)16-15-17(7-11-4-3-5-12(6-11)21-2)13-8-23(19,20)9-14(13)22-15/h3-6,13-14H,7-9H2,1-2H3/t13-,14+/m0/s1. The van der Waals surface area contributed by atoms with Crippen molar-refractivity contribution in [2.24, 2.45) is 4.99 Å². The summed E-state index contributed by atoms with van der Waals surface area (Å²) in [6, 6.07) is 7.48. The Bertz CT molecular complexity index is 760. The molecule has 0 radical (unpaired) electrons. The largest absolute Gasteiger partial charge is 0.497 e. The van der Waals surface area contributed by atoms with E-state index >= 15 is 0 Å². The lowest BCUT2D eigenvalue weighted by atomic mass is 10.1. The van der Waals surface area contributed by atoms with Gasteiger partial charge in [0.25, 0.3) is 0 Å². The van der Waals surface area contributed by atoms with Gasteiger partial charge in [0.05, 0.1) is 24.7 Å². The van der Waals surface area contributed by atoms with Crippen LogP contribution in [0.1, 0.15) is 12.5 Å². The number of hydrogen-bond donors (Lipinski definition) is 0. The Kier molecular flexibility index (Phi) is 4.37. The molecule has 23 heavy (non-hydrogen) atoms. The van der Waals surface area contributed by atoms with Crippen LogP contribution >= 0.6 is 11.8 Å². The molecule has 0 bridgehead atoms. The van der Waals surface area contributed by atoms with E-state index in [4.69, 9.17) is 4.74 Å². The summed E-state index contributed by atoms with van der Waals surface area (Å²) >= 11 is 1.39. The second-order valence-corrected chi connectivity index (χ2v) is 9.05. The van der Waals surface area contributed by atoms with Gasteiger partial charge in [-0.2, -0.15) is 4.99 Å². The molecule has 2 saturated heterocycles. The van der Waals surface area contributed by atoms with E-state index in [1.807, 2.05) is 29.2 Å². The number of rotatable bonds is 3. The molecular weight excluding hydrogens is 336 g/mol. The quantitative estimate of drug-likeness (QED) is 0.815. The van der Waals surface area contributed by atoms with Crippen LogP contribution in [-0.4, -0.2) is 54.3 Å². The maximum absolute atomic E-state index is 11.9. The zero-order chi connectivity index (χ0) is 16.6. The molecule has 0 saturated carbocycles. The van der Waals surface area contributed by atoms with Crippen LogP contribution in [0, 0.1) is 0 Å². The van der Waals surface area contributed by atoms with E-state index in [-0.39, 0.29) is 28.7 Å². The number of thioether (sulfide) groups is 1. The van der Waals surface area contributed by atoms with Crippen LogP contribution in [0.4, 0.5) is 0 Å². The van der Waals surface area contributed by atoms with E-state index in [0.717, 1.165) is 11.3 Å². The van der Waals surface area contributed by atoms with Gasteiger partial charge in [-0.15, -0.1) is 0 Å². The Hall–Kier alpha value is -1.54. The summed E-state index contributed by atoms with van der Waals surface area (Å²) in [5.41, 5.74) is 0.992. The zero-order valence-electron chi connectivity index (χ0n) is 12.9. The third-order valence-corrected chi connectivity index (χ3v) is 7.16. The molecule has 3 rings (SSSR count). The molecule has 2 aliphatic heterocycles. The number of sulfone groups is 1. The third-order valence-electron chi connectivity index (χ3n) is 3.92. The highest BCUT2D eigenvalue weighted by Gasteiger charge is 2.48. The Morgan fingerprint density at radius 3 is 2.91 bits per heavy atom. The Labute approximate surface area is 139 Å². The molecule has 1 amide bonds. The van der Waals surface area contributed by atoms with Gasteiger partial charge in [0.2, 0.25) is 5.91 Å². The normalized spacial score (nSPS) is 27.2. The minimum Gasteiger partial charge on any atom is -0.497 e. The summed E-state index contributed by atoms with van der Waals surface area (Å²) < 4.78 is 29.0. The van der Waals surface area contributed by atoms with Crippen LogP contribution in [0.5, 0.6) is 5.75 Å². The molecule has 2 atom stereocenters. The predicted octanol–water partition coefficient (Wildman–Crippen LogP) is 1.31. The maximum atomic E-state index is 11.9. The fourth-order valence-corrected chi connectivity index (χ4v) is 6.92. The van der Waals surface area contributed by atoms with Gasteiger partial charge in [-0.25, -0.2) is 8.42 Å². The monoisotopic (exact) mass is 354 g/mol. The van der Waals surface area contributed by atoms with Crippen LogP contribution in [-0.2, 0) is 21.2 Å². The number of amidine groups is 1. The van der Waals surface area contributed by atoms with Crippen molar-refractivity contribution < 1.29 is 17.9 Å². The molecule has 8 heteroatoms. The SMILES string of the molecule is COc1cccc(CN2C(=NC(C)=O)S[C@@H]3CS(=O)(=O)C[C@@H]32)c1. The number of fused-ring (bicyclic) bond motifs is 1. The van der Waals surface area contributed by atoms with Gasteiger partial charge < -0.3 is 9.64 Å². The second kappa shape index (κ2) is 6.16. The average Bonchev–Trinajstić information content (AvgIpc) is 2.92. The number of benzene rings is 1. The van der Waals surface area contributed by atoms with Crippen molar-refractivity contribution in [2.75, 3.05) is 18.6 Å². The average molecular weight is 354 g/mol. The summed E-state index contributed by atoms with van der Waals surface area (Å²) in [6.45, 7) is 1.91.